The number of nitrogens with zero attached hydrogens (tertiary/aromatic N) is 3. The molecule has 6 nitrogen and oxygen atoms in total. The third kappa shape index (κ3) is 3.53. The number of aliphatic hydroxyl groups is 1. The molecule has 1 fully saturated rings. The average Bonchev–Trinajstić information content (AvgIpc) is 3.22. The monoisotopic (exact) mass is 314 g/mol. The van der Waals surface area contributed by atoms with Crippen molar-refractivity contribution in [1.29, 1.82) is 0 Å². The standard InChI is InChI=1S/C17H22N4O2/c1-13-4-2-3-5-16(13)21-11-15(9-19-21)8-18-17(23)20-7-6-14(10-20)12-22/h2-5,9,11,14,22H,6-8,10,12H2,1H3,(H,18,23). The van der Waals surface area contributed by atoms with Gasteiger partial charge in [-0.1, -0.05) is 18.2 Å². The summed E-state index contributed by atoms with van der Waals surface area (Å²) in [5.41, 5.74) is 3.15. The lowest BCUT2D eigenvalue weighted by Crippen LogP contribution is -2.38. The Morgan fingerprint density at radius 3 is 3.00 bits per heavy atom. The summed E-state index contributed by atoms with van der Waals surface area (Å²) in [4.78, 5) is 13.9. The van der Waals surface area contributed by atoms with Gasteiger partial charge >= 0.3 is 6.03 Å². The first kappa shape index (κ1) is 15.6. The van der Waals surface area contributed by atoms with Crippen LogP contribution in [0.2, 0.25) is 0 Å². The van der Waals surface area contributed by atoms with Crippen molar-refractivity contribution in [2.45, 2.75) is 19.9 Å². The molecule has 2 heterocycles. The van der Waals surface area contributed by atoms with Crippen molar-refractivity contribution in [2.24, 2.45) is 5.92 Å². The minimum absolute atomic E-state index is 0.0791. The molecule has 1 aromatic heterocycles. The number of benzene rings is 1. The van der Waals surface area contributed by atoms with Crippen LogP contribution in [0.25, 0.3) is 5.69 Å². The van der Waals surface area contributed by atoms with Gasteiger partial charge < -0.3 is 15.3 Å². The molecule has 1 unspecified atom stereocenters. The van der Waals surface area contributed by atoms with Crippen molar-refractivity contribution < 1.29 is 9.90 Å². The number of aliphatic hydroxyl groups excluding tert-OH is 1. The first-order valence-electron chi connectivity index (χ1n) is 7.90. The van der Waals surface area contributed by atoms with Crippen molar-refractivity contribution in [3.63, 3.8) is 0 Å². The molecule has 1 aromatic carbocycles. The molecule has 23 heavy (non-hydrogen) atoms. The predicted molar refractivity (Wildman–Crippen MR) is 87.3 cm³/mol. The van der Waals surface area contributed by atoms with Gasteiger partial charge in [0.15, 0.2) is 0 Å². The summed E-state index contributed by atoms with van der Waals surface area (Å²) in [6, 6.07) is 7.97. The summed E-state index contributed by atoms with van der Waals surface area (Å²) in [6.45, 7) is 3.98. The molecule has 0 saturated carbocycles. The number of hydrogen-bond acceptors (Lipinski definition) is 3. The Labute approximate surface area is 135 Å². The lowest BCUT2D eigenvalue weighted by Gasteiger charge is -2.16. The molecular weight excluding hydrogens is 292 g/mol. The number of rotatable bonds is 4. The van der Waals surface area contributed by atoms with E-state index in [1.807, 2.05) is 42.1 Å². The molecule has 2 amide bonds. The highest BCUT2D eigenvalue weighted by atomic mass is 16.3. The highest BCUT2D eigenvalue weighted by Crippen LogP contribution is 2.16. The summed E-state index contributed by atoms with van der Waals surface area (Å²) in [5, 5.41) is 16.4. The number of carbonyl (C=O) groups is 1. The number of likely N-dealkylation sites (tertiary alicyclic amines) is 1. The lowest BCUT2D eigenvalue weighted by molar-refractivity contribution is 0.198. The fourth-order valence-corrected chi connectivity index (χ4v) is 2.86. The average molecular weight is 314 g/mol. The fraction of sp³-hybridized carbons (Fsp3) is 0.412. The van der Waals surface area contributed by atoms with E-state index in [1.54, 1.807) is 11.1 Å². The Balaban J connectivity index is 1.58. The van der Waals surface area contributed by atoms with E-state index in [0.717, 1.165) is 23.2 Å². The molecule has 1 aliphatic heterocycles. The van der Waals surface area contributed by atoms with Gasteiger partial charge in [0.2, 0.25) is 0 Å². The van der Waals surface area contributed by atoms with Crippen LogP contribution in [0.4, 0.5) is 4.79 Å². The second kappa shape index (κ2) is 6.83. The third-order valence-corrected chi connectivity index (χ3v) is 4.27. The van der Waals surface area contributed by atoms with Crippen molar-refractivity contribution in [3.8, 4) is 5.69 Å². The number of carbonyl (C=O) groups excluding carboxylic acids is 1. The van der Waals surface area contributed by atoms with Gasteiger partial charge in [-0.15, -0.1) is 0 Å². The van der Waals surface area contributed by atoms with Gasteiger partial charge in [0.05, 0.1) is 11.9 Å². The first-order valence-corrected chi connectivity index (χ1v) is 7.90. The number of hydrogen-bond donors (Lipinski definition) is 2. The van der Waals surface area contributed by atoms with Crippen LogP contribution in [0.5, 0.6) is 0 Å². The van der Waals surface area contributed by atoms with E-state index in [1.165, 1.54) is 0 Å². The molecule has 1 aliphatic rings. The molecule has 1 atom stereocenters. The molecule has 2 aromatic rings. The molecule has 2 N–H and O–H groups in total. The van der Waals surface area contributed by atoms with Crippen molar-refractivity contribution in [1.82, 2.24) is 20.0 Å². The highest BCUT2D eigenvalue weighted by Gasteiger charge is 2.25. The van der Waals surface area contributed by atoms with Crippen LogP contribution in [0, 0.1) is 12.8 Å². The van der Waals surface area contributed by atoms with Crippen molar-refractivity contribution in [3.05, 3.63) is 47.8 Å². The van der Waals surface area contributed by atoms with Crippen LogP contribution in [0.3, 0.4) is 0 Å². The predicted octanol–water partition coefficient (Wildman–Crippen LogP) is 1.70. The zero-order valence-corrected chi connectivity index (χ0v) is 13.3. The Kier molecular flexibility index (Phi) is 4.62. The summed E-state index contributed by atoms with van der Waals surface area (Å²) in [6.07, 6.45) is 4.57. The van der Waals surface area contributed by atoms with Gasteiger partial charge in [0, 0.05) is 43.9 Å². The van der Waals surface area contributed by atoms with E-state index in [0.29, 0.717) is 19.6 Å². The number of para-hydroxylation sites is 1. The largest absolute Gasteiger partial charge is 0.396 e. The molecular formula is C17H22N4O2. The maximum absolute atomic E-state index is 12.1. The topological polar surface area (TPSA) is 70.4 Å². The quantitative estimate of drug-likeness (QED) is 0.902. The second-order valence-corrected chi connectivity index (χ2v) is 6.02. The fourth-order valence-electron chi connectivity index (χ4n) is 2.86. The van der Waals surface area contributed by atoms with E-state index in [2.05, 4.69) is 10.4 Å². The molecule has 0 aliphatic carbocycles. The van der Waals surface area contributed by atoms with Crippen LogP contribution in [-0.2, 0) is 6.54 Å². The number of amides is 2. The van der Waals surface area contributed by atoms with Gasteiger partial charge in [-0.25, -0.2) is 9.48 Å². The van der Waals surface area contributed by atoms with Gasteiger partial charge in [-0.05, 0) is 25.0 Å². The minimum atomic E-state index is -0.0791. The summed E-state index contributed by atoms with van der Waals surface area (Å²) < 4.78 is 1.83. The molecule has 0 spiro atoms. The van der Waals surface area contributed by atoms with Crippen molar-refractivity contribution >= 4 is 6.03 Å². The Morgan fingerprint density at radius 1 is 1.43 bits per heavy atom. The highest BCUT2D eigenvalue weighted by molar-refractivity contribution is 5.74. The Hall–Kier alpha value is -2.34. The number of urea groups is 1. The van der Waals surface area contributed by atoms with Crippen LogP contribution in [-0.4, -0.2) is 45.5 Å². The molecule has 0 radical (unpaired) electrons. The van der Waals surface area contributed by atoms with Crippen LogP contribution in [0.15, 0.2) is 36.7 Å². The molecule has 6 heteroatoms. The molecule has 1 saturated heterocycles. The van der Waals surface area contributed by atoms with Gasteiger partial charge in [-0.3, -0.25) is 0 Å². The van der Waals surface area contributed by atoms with Crippen LogP contribution < -0.4 is 5.32 Å². The zero-order chi connectivity index (χ0) is 16.2. The second-order valence-electron chi connectivity index (χ2n) is 6.02. The summed E-state index contributed by atoms with van der Waals surface area (Å²) in [7, 11) is 0. The number of aromatic nitrogens is 2. The molecule has 122 valence electrons. The van der Waals surface area contributed by atoms with E-state index in [9.17, 15) is 4.79 Å². The SMILES string of the molecule is Cc1ccccc1-n1cc(CNC(=O)N2CCC(CO)C2)cn1. The maximum Gasteiger partial charge on any atom is 0.317 e. The van der Waals surface area contributed by atoms with Crippen molar-refractivity contribution in [2.75, 3.05) is 19.7 Å². The molecule has 3 rings (SSSR count). The Morgan fingerprint density at radius 2 is 2.26 bits per heavy atom. The summed E-state index contributed by atoms with van der Waals surface area (Å²) in [5.74, 6) is 0.213. The zero-order valence-electron chi connectivity index (χ0n) is 13.3. The van der Waals surface area contributed by atoms with E-state index >= 15 is 0 Å². The molecule has 0 bridgehead atoms. The van der Waals surface area contributed by atoms with E-state index < -0.39 is 0 Å². The normalized spacial score (nSPS) is 17.5. The van der Waals surface area contributed by atoms with Gasteiger partial charge in [0.25, 0.3) is 0 Å². The summed E-state index contributed by atoms with van der Waals surface area (Å²) >= 11 is 0. The van der Waals surface area contributed by atoms with Crippen LogP contribution >= 0.6 is 0 Å². The number of nitrogens with one attached hydrogen (secondary N) is 1. The minimum Gasteiger partial charge on any atom is -0.396 e. The van der Waals surface area contributed by atoms with E-state index in [-0.39, 0.29) is 18.6 Å². The first-order chi connectivity index (χ1) is 11.2. The third-order valence-electron chi connectivity index (χ3n) is 4.27. The maximum atomic E-state index is 12.1. The number of aryl methyl sites for hydroxylation is 1. The lowest BCUT2D eigenvalue weighted by atomic mass is 10.1. The Bertz CT molecular complexity index is 683. The van der Waals surface area contributed by atoms with Gasteiger partial charge in [-0.2, -0.15) is 5.10 Å². The van der Waals surface area contributed by atoms with Crippen LogP contribution in [0.1, 0.15) is 17.5 Å². The smallest absolute Gasteiger partial charge is 0.317 e. The van der Waals surface area contributed by atoms with E-state index in [4.69, 9.17) is 5.11 Å². The van der Waals surface area contributed by atoms with Gasteiger partial charge in [0.1, 0.15) is 0 Å².